The molecule has 0 aliphatic heterocycles. The van der Waals surface area contributed by atoms with Crippen molar-refractivity contribution in [3.05, 3.63) is 52.0 Å². The molecule has 1 heterocycles. The van der Waals surface area contributed by atoms with Gasteiger partial charge in [0.1, 0.15) is 0 Å². The molecule has 0 aliphatic carbocycles. The van der Waals surface area contributed by atoms with Crippen LogP contribution in [-0.2, 0) is 12.6 Å². The molecule has 6 heteroatoms. The molecule has 1 atom stereocenters. The number of aromatic nitrogens is 1. The summed E-state index contributed by atoms with van der Waals surface area (Å²) in [5, 5.41) is -0.796. The predicted octanol–water partition coefficient (Wildman–Crippen LogP) is 3.79. The normalized spacial score (nSPS) is 13.5. The van der Waals surface area contributed by atoms with E-state index in [0.717, 1.165) is 5.56 Å². The molecule has 0 saturated heterocycles. The summed E-state index contributed by atoms with van der Waals surface area (Å²) >= 11 is 0.685. The van der Waals surface area contributed by atoms with Crippen molar-refractivity contribution < 1.29 is 13.2 Å². The number of benzene rings is 1. The average molecular weight is 286 g/mol. The highest BCUT2D eigenvalue weighted by molar-refractivity contribution is 7.11. The third-order valence-electron chi connectivity index (χ3n) is 2.73. The van der Waals surface area contributed by atoms with Gasteiger partial charge in [-0.2, -0.15) is 13.2 Å². The maximum absolute atomic E-state index is 12.4. The average Bonchev–Trinajstić information content (AvgIpc) is 2.86. The van der Waals surface area contributed by atoms with Crippen LogP contribution in [0.1, 0.15) is 27.9 Å². The molecule has 1 aromatic carbocycles. The maximum atomic E-state index is 12.4. The number of alkyl halides is 3. The van der Waals surface area contributed by atoms with Gasteiger partial charge in [0.05, 0.1) is 0 Å². The van der Waals surface area contributed by atoms with Crippen molar-refractivity contribution in [3.8, 4) is 0 Å². The fraction of sp³-hybridized carbons (Fsp3) is 0.308. The molecule has 0 radical (unpaired) electrons. The van der Waals surface area contributed by atoms with Gasteiger partial charge in [-0.15, -0.1) is 11.3 Å². The maximum Gasteiger partial charge on any atom is 0.443 e. The van der Waals surface area contributed by atoms with Crippen LogP contribution in [0.3, 0.4) is 0 Å². The molecule has 19 heavy (non-hydrogen) atoms. The van der Waals surface area contributed by atoms with Gasteiger partial charge in [-0.3, -0.25) is 0 Å². The van der Waals surface area contributed by atoms with E-state index < -0.39 is 11.2 Å². The lowest BCUT2D eigenvalue weighted by atomic mass is 10.0. The largest absolute Gasteiger partial charge is 0.443 e. The van der Waals surface area contributed by atoms with Crippen molar-refractivity contribution >= 4 is 11.3 Å². The van der Waals surface area contributed by atoms with Crippen molar-refractivity contribution in [2.45, 2.75) is 25.1 Å². The van der Waals surface area contributed by atoms with Gasteiger partial charge in [0.25, 0.3) is 0 Å². The Morgan fingerprint density at radius 3 is 2.47 bits per heavy atom. The van der Waals surface area contributed by atoms with Gasteiger partial charge in [0.15, 0.2) is 5.01 Å². The summed E-state index contributed by atoms with van der Waals surface area (Å²) in [6.07, 6.45) is -1.97. The number of nitrogens with zero attached hydrogens (tertiary/aromatic N) is 1. The van der Waals surface area contributed by atoms with Gasteiger partial charge in [0.2, 0.25) is 0 Å². The number of nitrogens with two attached hydrogens (primary N) is 1. The quantitative estimate of drug-likeness (QED) is 0.928. The van der Waals surface area contributed by atoms with Crippen molar-refractivity contribution in [2.24, 2.45) is 5.73 Å². The van der Waals surface area contributed by atoms with Crippen LogP contribution in [0.25, 0.3) is 0 Å². The third-order valence-corrected chi connectivity index (χ3v) is 3.83. The molecule has 0 aliphatic rings. The molecule has 102 valence electrons. The Labute approximate surface area is 113 Å². The first-order chi connectivity index (χ1) is 8.97. The Bertz CT molecular complexity index is 522. The Hall–Kier alpha value is -1.40. The number of hydrogen-bond acceptors (Lipinski definition) is 3. The summed E-state index contributed by atoms with van der Waals surface area (Å²) in [4.78, 5) is 4.00. The molecular formula is C13H13F3N2S. The van der Waals surface area contributed by atoms with Crippen LogP contribution in [0.4, 0.5) is 13.2 Å². The van der Waals surface area contributed by atoms with Gasteiger partial charge in [-0.1, -0.05) is 30.3 Å². The fourth-order valence-corrected chi connectivity index (χ4v) is 2.51. The van der Waals surface area contributed by atoms with Crippen LogP contribution in [0, 0.1) is 0 Å². The summed E-state index contributed by atoms with van der Waals surface area (Å²) < 4.78 is 37.2. The van der Waals surface area contributed by atoms with Crippen LogP contribution in [0.15, 0.2) is 36.5 Å². The lowest BCUT2D eigenvalue weighted by molar-refractivity contribution is -0.137. The smallest absolute Gasteiger partial charge is 0.324 e. The lowest BCUT2D eigenvalue weighted by Crippen LogP contribution is -2.10. The standard InChI is InChI=1S/C13H13F3N2S/c14-13(15,16)12-18-8-10(19-12)6-7-11(17)9-4-2-1-3-5-9/h1-5,8,11H,6-7,17H2. The van der Waals surface area contributed by atoms with Gasteiger partial charge >= 0.3 is 6.18 Å². The van der Waals surface area contributed by atoms with E-state index in [4.69, 9.17) is 5.73 Å². The van der Waals surface area contributed by atoms with Crippen molar-refractivity contribution in [1.82, 2.24) is 4.98 Å². The lowest BCUT2D eigenvalue weighted by Gasteiger charge is -2.10. The van der Waals surface area contributed by atoms with E-state index in [1.165, 1.54) is 6.20 Å². The first-order valence-electron chi connectivity index (χ1n) is 5.79. The first-order valence-corrected chi connectivity index (χ1v) is 6.61. The Morgan fingerprint density at radius 2 is 1.89 bits per heavy atom. The number of halogens is 3. The van der Waals surface area contributed by atoms with Crippen LogP contribution >= 0.6 is 11.3 Å². The minimum Gasteiger partial charge on any atom is -0.324 e. The summed E-state index contributed by atoms with van der Waals surface area (Å²) in [5.41, 5.74) is 6.99. The van der Waals surface area contributed by atoms with Gasteiger partial charge < -0.3 is 5.73 Å². The van der Waals surface area contributed by atoms with Crippen LogP contribution in [0.2, 0.25) is 0 Å². The second-order valence-electron chi connectivity index (χ2n) is 4.19. The van der Waals surface area contributed by atoms with E-state index in [1.807, 2.05) is 30.3 Å². The molecule has 2 nitrogen and oxygen atoms in total. The molecule has 0 spiro atoms. The van der Waals surface area contributed by atoms with E-state index in [9.17, 15) is 13.2 Å². The number of thiazole rings is 1. The predicted molar refractivity (Wildman–Crippen MR) is 68.8 cm³/mol. The summed E-state index contributed by atoms with van der Waals surface area (Å²) in [7, 11) is 0. The highest BCUT2D eigenvalue weighted by atomic mass is 32.1. The van der Waals surface area contributed by atoms with E-state index in [2.05, 4.69) is 4.98 Å². The minimum absolute atomic E-state index is 0.169. The first kappa shape index (κ1) is 14.0. The monoisotopic (exact) mass is 286 g/mol. The van der Waals surface area contributed by atoms with Crippen molar-refractivity contribution in [3.63, 3.8) is 0 Å². The summed E-state index contributed by atoms with van der Waals surface area (Å²) in [5.74, 6) is 0. The molecule has 0 fully saturated rings. The number of rotatable bonds is 4. The molecular weight excluding hydrogens is 273 g/mol. The van der Waals surface area contributed by atoms with Gasteiger partial charge in [-0.25, -0.2) is 4.98 Å². The number of aryl methyl sites for hydroxylation is 1. The molecule has 0 saturated carbocycles. The van der Waals surface area contributed by atoms with Gasteiger partial charge in [-0.05, 0) is 18.4 Å². The molecule has 2 rings (SSSR count). The van der Waals surface area contributed by atoms with E-state index >= 15 is 0 Å². The van der Waals surface area contributed by atoms with E-state index in [-0.39, 0.29) is 6.04 Å². The van der Waals surface area contributed by atoms with Gasteiger partial charge in [0, 0.05) is 17.1 Å². The second-order valence-corrected chi connectivity index (χ2v) is 5.30. The molecule has 1 aromatic heterocycles. The van der Waals surface area contributed by atoms with E-state index in [0.29, 0.717) is 29.1 Å². The summed E-state index contributed by atoms with van der Waals surface area (Å²) in [6, 6.07) is 9.34. The van der Waals surface area contributed by atoms with Crippen molar-refractivity contribution in [2.75, 3.05) is 0 Å². The third kappa shape index (κ3) is 3.78. The summed E-state index contributed by atoms with van der Waals surface area (Å²) in [6.45, 7) is 0. The van der Waals surface area contributed by atoms with Crippen molar-refractivity contribution in [1.29, 1.82) is 0 Å². The zero-order chi connectivity index (χ0) is 13.9. The highest BCUT2D eigenvalue weighted by Crippen LogP contribution is 2.33. The molecule has 0 bridgehead atoms. The fourth-order valence-electron chi connectivity index (χ4n) is 1.72. The Kier molecular flexibility index (Phi) is 4.21. The zero-order valence-electron chi connectivity index (χ0n) is 10.0. The Balaban J connectivity index is 1.94. The number of hydrogen-bond donors (Lipinski definition) is 1. The van der Waals surface area contributed by atoms with Crippen LogP contribution < -0.4 is 5.73 Å². The topological polar surface area (TPSA) is 38.9 Å². The molecule has 2 aromatic rings. The van der Waals surface area contributed by atoms with Crippen LogP contribution in [-0.4, -0.2) is 4.98 Å². The highest BCUT2D eigenvalue weighted by Gasteiger charge is 2.34. The minimum atomic E-state index is -4.36. The zero-order valence-corrected chi connectivity index (χ0v) is 10.8. The molecule has 1 unspecified atom stereocenters. The molecule has 0 amide bonds. The van der Waals surface area contributed by atoms with Crippen LogP contribution in [0.5, 0.6) is 0 Å². The second kappa shape index (κ2) is 5.71. The Morgan fingerprint density at radius 1 is 1.21 bits per heavy atom. The SMILES string of the molecule is NC(CCc1cnc(C(F)(F)F)s1)c1ccccc1. The molecule has 2 N–H and O–H groups in total. The van der Waals surface area contributed by atoms with E-state index in [1.54, 1.807) is 0 Å².